The van der Waals surface area contributed by atoms with E-state index in [1.165, 1.54) is 0 Å². The molecule has 20 heavy (non-hydrogen) atoms. The lowest BCUT2D eigenvalue weighted by Gasteiger charge is -2.39. The number of carboxylic acid groups (broad SMARTS) is 1. The quantitative estimate of drug-likeness (QED) is 0.738. The van der Waals surface area contributed by atoms with Gasteiger partial charge in [-0.3, -0.25) is 9.59 Å². The molecule has 5 nitrogen and oxygen atoms in total. The van der Waals surface area contributed by atoms with E-state index in [1.54, 1.807) is 12.1 Å². The minimum Gasteiger partial charge on any atom is -0.481 e. The average molecular weight is 276 g/mol. The van der Waals surface area contributed by atoms with E-state index >= 15 is 0 Å². The summed E-state index contributed by atoms with van der Waals surface area (Å²) in [4.78, 5) is 22.7. The number of hydrogen-bond acceptors (Lipinski definition) is 3. The number of nitrogens with two attached hydrogens (primary N) is 1. The summed E-state index contributed by atoms with van der Waals surface area (Å²) < 4.78 is 0. The van der Waals surface area contributed by atoms with Crippen molar-refractivity contribution in [2.75, 3.05) is 11.9 Å². The highest BCUT2D eigenvalue weighted by Gasteiger charge is 2.42. The van der Waals surface area contributed by atoms with Gasteiger partial charge in [0.25, 0.3) is 0 Å². The van der Waals surface area contributed by atoms with Crippen molar-refractivity contribution < 1.29 is 14.7 Å². The van der Waals surface area contributed by atoms with E-state index in [0.717, 1.165) is 30.5 Å². The minimum absolute atomic E-state index is 0.00969. The van der Waals surface area contributed by atoms with Crippen molar-refractivity contribution in [3.63, 3.8) is 0 Å². The maximum atomic E-state index is 12.2. The van der Waals surface area contributed by atoms with Crippen LogP contribution in [0.15, 0.2) is 24.3 Å². The molecule has 0 radical (unpaired) electrons. The molecule has 1 saturated carbocycles. The van der Waals surface area contributed by atoms with E-state index in [-0.39, 0.29) is 17.7 Å². The van der Waals surface area contributed by atoms with Gasteiger partial charge in [-0.15, -0.1) is 0 Å². The molecule has 5 heteroatoms. The van der Waals surface area contributed by atoms with Crippen LogP contribution in [-0.2, 0) is 16.0 Å². The molecule has 1 aliphatic carbocycles. The van der Waals surface area contributed by atoms with Crippen molar-refractivity contribution in [1.82, 2.24) is 0 Å². The third-order valence-electron chi connectivity index (χ3n) is 4.02. The zero-order valence-corrected chi connectivity index (χ0v) is 11.4. The van der Waals surface area contributed by atoms with Crippen LogP contribution in [0.25, 0.3) is 0 Å². The van der Waals surface area contributed by atoms with Crippen LogP contribution in [0.2, 0.25) is 0 Å². The Balaban J connectivity index is 1.93. The fourth-order valence-corrected chi connectivity index (χ4v) is 2.40. The molecule has 108 valence electrons. The SMILES string of the molecule is NCC1(C(=O)Nc2ccc(CCC(=O)O)cc2)CCC1. The minimum atomic E-state index is -0.808. The van der Waals surface area contributed by atoms with Crippen molar-refractivity contribution >= 4 is 17.6 Å². The van der Waals surface area contributed by atoms with Crippen molar-refractivity contribution in [3.8, 4) is 0 Å². The predicted octanol–water partition coefficient (Wildman–Crippen LogP) is 1.77. The smallest absolute Gasteiger partial charge is 0.303 e. The summed E-state index contributed by atoms with van der Waals surface area (Å²) in [7, 11) is 0. The number of anilines is 1. The van der Waals surface area contributed by atoms with Gasteiger partial charge in [-0.2, -0.15) is 0 Å². The third-order valence-corrected chi connectivity index (χ3v) is 4.02. The molecule has 0 aromatic heterocycles. The molecule has 2 rings (SSSR count). The molecular formula is C15H20N2O3. The van der Waals surface area contributed by atoms with Gasteiger partial charge in [0.05, 0.1) is 5.41 Å². The van der Waals surface area contributed by atoms with Crippen LogP contribution < -0.4 is 11.1 Å². The number of benzene rings is 1. The monoisotopic (exact) mass is 276 g/mol. The fraction of sp³-hybridized carbons (Fsp3) is 0.467. The lowest BCUT2D eigenvalue weighted by Crippen LogP contribution is -2.47. The summed E-state index contributed by atoms with van der Waals surface area (Å²) in [6.45, 7) is 0.384. The predicted molar refractivity (Wildman–Crippen MR) is 76.4 cm³/mol. The molecule has 1 aromatic carbocycles. The Labute approximate surface area is 118 Å². The van der Waals surface area contributed by atoms with Crippen molar-refractivity contribution in [3.05, 3.63) is 29.8 Å². The zero-order valence-electron chi connectivity index (χ0n) is 11.4. The number of rotatable bonds is 6. The standard InChI is InChI=1S/C15H20N2O3/c16-10-15(8-1-9-15)14(20)17-12-5-2-11(3-6-12)4-7-13(18)19/h2-3,5-6H,1,4,7-10,16H2,(H,17,20)(H,18,19). The lowest BCUT2D eigenvalue weighted by atomic mass is 9.68. The number of aryl methyl sites for hydroxylation is 1. The maximum Gasteiger partial charge on any atom is 0.303 e. The van der Waals surface area contributed by atoms with Crippen LogP contribution >= 0.6 is 0 Å². The van der Waals surface area contributed by atoms with Gasteiger partial charge >= 0.3 is 5.97 Å². The second kappa shape index (κ2) is 6.05. The fourth-order valence-electron chi connectivity index (χ4n) is 2.40. The molecule has 0 spiro atoms. The first-order valence-electron chi connectivity index (χ1n) is 6.88. The first-order chi connectivity index (χ1) is 9.55. The highest BCUT2D eigenvalue weighted by Crippen LogP contribution is 2.40. The normalized spacial score (nSPS) is 16.2. The molecule has 0 heterocycles. The van der Waals surface area contributed by atoms with Crippen LogP contribution in [0.3, 0.4) is 0 Å². The summed E-state index contributed by atoms with van der Waals surface area (Å²) in [5.74, 6) is -0.818. The van der Waals surface area contributed by atoms with E-state index in [9.17, 15) is 9.59 Å². The van der Waals surface area contributed by atoms with Gasteiger partial charge in [0.2, 0.25) is 5.91 Å². The summed E-state index contributed by atoms with van der Waals surface area (Å²) in [5, 5.41) is 11.5. The van der Waals surface area contributed by atoms with Crippen molar-refractivity contribution in [2.24, 2.45) is 11.1 Å². The summed E-state index contributed by atoms with van der Waals surface area (Å²) in [6, 6.07) is 7.29. The summed E-state index contributed by atoms with van der Waals surface area (Å²) in [5.41, 5.74) is 6.99. The Morgan fingerprint density at radius 1 is 1.25 bits per heavy atom. The lowest BCUT2D eigenvalue weighted by molar-refractivity contribution is -0.137. The molecule has 0 atom stereocenters. The molecular weight excluding hydrogens is 256 g/mol. The van der Waals surface area contributed by atoms with E-state index in [1.807, 2.05) is 12.1 Å². The number of aliphatic carboxylic acids is 1. The van der Waals surface area contributed by atoms with Gasteiger partial charge in [0.1, 0.15) is 0 Å². The second-order valence-corrected chi connectivity index (χ2v) is 5.38. The van der Waals surface area contributed by atoms with E-state index in [0.29, 0.717) is 13.0 Å². The molecule has 0 unspecified atom stereocenters. The molecule has 1 aliphatic rings. The van der Waals surface area contributed by atoms with Gasteiger partial charge in [0.15, 0.2) is 0 Å². The van der Waals surface area contributed by atoms with Crippen molar-refractivity contribution in [2.45, 2.75) is 32.1 Å². The number of carbonyl (C=O) groups is 2. The second-order valence-electron chi connectivity index (χ2n) is 5.38. The molecule has 0 aliphatic heterocycles. The van der Waals surface area contributed by atoms with Gasteiger partial charge < -0.3 is 16.2 Å². The molecule has 1 fully saturated rings. The van der Waals surface area contributed by atoms with Gasteiger partial charge in [0, 0.05) is 18.7 Å². The molecule has 0 bridgehead atoms. The maximum absolute atomic E-state index is 12.2. The Bertz CT molecular complexity index is 487. The van der Waals surface area contributed by atoms with Crippen LogP contribution in [0.5, 0.6) is 0 Å². The van der Waals surface area contributed by atoms with Crippen LogP contribution in [-0.4, -0.2) is 23.5 Å². The first-order valence-corrected chi connectivity index (χ1v) is 6.88. The van der Waals surface area contributed by atoms with Crippen molar-refractivity contribution in [1.29, 1.82) is 0 Å². The highest BCUT2D eigenvalue weighted by molar-refractivity contribution is 5.96. The third kappa shape index (κ3) is 3.17. The van der Waals surface area contributed by atoms with E-state index in [4.69, 9.17) is 10.8 Å². The van der Waals surface area contributed by atoms with E-state index < -0.39 is 5.97 Å². The number of carboxylic acids is 1. The van der Waals surface area contributed by atoms with E-state index in [2.05, 4.69) is 5.32 Å². The number of hydrogen-bond donors (Lipinski definition) is 3. The Hall–Kier alpha value is -1.88. The number of carbonyl (C=O) groups excluding carboxylic acids is 1. The largest absolute Gasteiger partial charge is 0.481 e. The molecule has 0 saturated heterocycles. The average Bonchev–Trinajstić information content (AvgIpc) is 2.37. The van der Waals surface area contributed by atoms with Gasteiger partial charge in [-0.05, 0) is 37.0 Å². The van der Waals surface area contributed by atoms with Crippen LogP contribution in [0, 0.1) is 5.41 Å². The Morgan fingerprint density at radius 2 is 1.90 bits per heavy atom. The molecule has 1 amide bonds. The summed E-state index contributed by atoms with van der Waals surface area (Å²) in [6.07, 6.45) is 3.37. The molecule has 1 aromatic rings. The zero-order chi connectivity index (χ0) is 14.6. The highest BCUT2D eigenvalue weighted by atomic mass is 16.4. The van der Waals surface area contributed by atoms with Gasteiger partial charge in [-0.25, -0.2) is 0 Å². The Morgan fingerprint density at radius 3 is 2.35 bits per heavy atom. The first kappa shape index (κ1) is 14.5. The molecule has 4 N–H and O–H groups in total. The number of amides is 1. The Kier molecular flexibility index (Phi) is 4.39. The topological polar surface area (TPSA) is 92.4 Å². The van der Waals surface area contributed by atoms with Crippen LogP contribution in [0.1, 0.15) is 31.2 Å². The van der Waals surface area contributed by atoms with Gasteiger partial charge in [-0.1, -0.05) is 18.6 Å². The van der Waals surface area contributed by atoms with Crippen LogP contribution in [0.4, 0.5) is 5.69 Å². The summed E-state index contributed by atoms with van der Waals surface area (Å²) >= 11 is 0. The number of nitrogens with one attached hydrogen (secondary N) is 1.